The summed E-state index contributed by atoms with van der Waals surface area (Å²) in [7, 11) is 0. The zero-order chi connectivity index (χ0) is 21.2. The molecule has 156 valence electrons. The van der Waals surface area contributed by atoms with Crippen molar-refractivity contribution in [1.82, 2.24) is 14.9 Å². The molecule has 0 radical (unpaired) electrons. The molecule has 7 nitrogen and oxygen atoms in total. The van der Waals surface area contributed by atoms with Gasteiger partial charge in [0.1, 0.15) is 12.2 Å². The monoisotopic (exact) mass is 415 g/mol. The maximum absolute atomic E-state index is 12.4. The Bertz CT molecular complexity index is 1270. The molecule has 31 heavy (non-hydrogen) atoms. The Morgan fingerprint density at radius 2 is 1.65 bits per heavy atom. The Labute approximate surface area is 178 Å². The standard InChI is InChI=1S/C24H21N3O4/c1-16-3-5-17(6-4-16)21-14-19(31-26-21)15-27-24(28)10-8-20(25-27)18-7-9-22-23(13-18)30-12-2-11-29-22/h3-10,13-14H,2,11-12,15H2,1H3. The maximum Gasteiger partial charge on any atom is 0.267 e. The largest absolute Gasteiger partial charge is 0.490 e. The van der Waals surface area contributed by atoms with Gasteiger partial charge in [0, 0.05) is 29.7 Å². The molecule has 1 aliphatic rings. The van der Waals surface area contributed by atoms with Gasteiger partial charge in [0.25, 0.3) is 5.56 Å². The number of benzene rings is 2. The van der Waals surface area contributed by atoms with Gasteiger partial charge in [-0.15, -0.1) is 0 Å². The van der Waals surface area contributed by atoms with Crippen molar-refractivity contribution in [2.45, 2.75) is 19.9 Å². The molecule has 2 aromatic carbocycles. The summed E-state index contributed by atoms with van der Waals surface area (Å²) in [6.45, 7) is 3.47. The number of nitrogens with zero attached hydrogens (tertiary/aromatic N) is 3. The topological polar surface area (TPSA) is 79.4 Å². The number of rotatable bonds is 4. The first-order valence-corrected chi connectivity index (χ1v) is 10.2. The van der Waals surface area contributed by atoms with E-state index in [4.69, 9.17) is 14.0 Å². The normalized spacial score (nSPS) is 13.1. The zero-order valence-electron chi connectivity index (χ0n) is 17.1. The molecule has 0 bridgehead atoms. The van der Waals surface area contributed by atoms with Gasteiger partial charge in [0.2, 0.25) is 0 Å². The van der Waals surface area contributed by atoms with Crippen LogP contribution < -0.4 is 15.0 Å². The fraction of sp³-hybridized carbons (Fsp3) is 0.208. The summed E-state index contributed by atoms with van der Waals surface area (Å²) in [6.07, 6.45) is 0.842. The van der Waals surface area contributed by atoms with E-state index in [9.17, 15) is 4.79 Å². The van der Waals surface area contributed by atoms with Crippen molar-refractivity contribution in [1.29, 1.82) is 0 Å². The third-order valence-electron chi connectivity index (χ3n) is 5.12. The third kappa shape index (κ3) is 4.07. The summed E-state index contributed by atoms with van der Waals surface area (Å²) in [5.74, 6) is 1.97. The minimum Gasteiger partial charge on any atom is -0.490 e. The zero-order valence-corrected chi connectivity index (χ0v) is 17.1. The molecule has 2 aromatic heterocycles. The fourth-order valence-electron chi connectivity index (χ4n) is 3.43. The lowest BCUT2D eigenvalue weighted by molar-refractivity contribution is 0.297. The van der Waals surface area contributed by atoms with E-state index in [2.05, 4.69) is 10.3 Å². The molecule has 0 saturated carbocycles. The van der Waals surface area contributed by atoms with Crippen LogP contribution in [-0.4, -0.2) is 28.2 Å². The smallest absolute Gasteiger partial charge is 0.267 e. The molecular weight excluding hydrogens is 394 g/mol. The number of aromatic nitrogens is 3. The molecule has 0 N–H and O–H groups in total. The number of ether oxygens (including phenoxy) is 2. The molecule has 0 unspecified atom stereocenters. The highest BCUT2D eigenvalue weighted by molar-refractivity contribution is 5.63. The van der Waals surface area contributed by atoms with Gasteiger partial charge in [-0.3, -0.25) is 4.79 Å². The number of aryl methyl sites for hydroxylation is 1. The van der Waals surface area contributed by atoms with E-state index >= 15 is 0 Å². The lowest BCUT2D eigenvalue weighted by Crippen LogP contribution is -2.22. The Morgan fingerprint density at radius 3 is 2.48 bits per heavy atom. The number of hydrogen-bond acceptors (Lipinski definition) is 6. The Morgan fingerprint density at radius 1 is 0.871 bits per heavy atom. The van der Waals surface area contributed by atoms with E-state index in [1.54, 1.807) is 6.07 Å². The van der Waals surface area contributed by atoms with Gasteiger partial charge in [0.15, 0.2) is 17.3 Å². The molecule has 0 amide bonds. The van der Waals surface area contributed by atoms with Crippen LogP contribution in [-0.2, 0) is 6.54 Å². The molecule has 0 fully saturated rings. The predicted octanol–water partition coefficient (Wildman–Crippen LogP) is 4.08. The van der Waals surface area contributed by atoms with Crippen LogP contribution in [0, 0.1) is 6.92 Å². The fourth-order valence-corrected chi connectivity index (χ4v) is 3.43. The van der Waals surface area contributed by atoms with E-state index in [1.807, 2.05) is 55.5 Å². The van der Waals surface area contributed by atoms with Crippen molar-refractivity contribution in [3.05, 3.63) is 82.3 Å². The first-order valence-electron chi connectivity index (χ1n) is 10.2. The number of hydrogen-bond donors (Lipinski definition) is 0. The van der Waals surface area contributed by atoms with Crippen LogP contribution in [0.5, 0.6) is 11.5 Å². The van der Waals surface area contributed by atoms with Crippen molar-refractivity contribution in [3.63, 3.8) is 0 Å². The first kappa shape index (κ1) is 19.1. The minimum absolute atomic E-state index is 0.191. The SMILES string of the molecule is Cc1ccc(-c2cc(Cn3nc(-c4ccc5c(c4)OCCCO5)ccc3=O)on2)cc1. The van der Waals surface area contributed by atoms with Crippen LogP contribution in [0.15, 0.2) is 70.0 Å². The molecule has 0 atom stereocenters. The second-order valence-electron chi connectivity index (χ2n) is 7.47. The average molecular weight is 415 g/mol. The lowest BCUT2D eigenvalue weighted by Gasteiger charge is -2.10. The van der Waals surface area contributed by atoms with Crippen molar-refractivity contribution >= 4 is 0 Å². The van der Waals surface area contributed by atoms with Gasteiger partial charge in [0.05, 0.1) is 18.9 Å². The third-order valence-corrected chi connectivity index (χ3v) is 5.12. The van der Waals surface area contributed by atoms with Crippen molar-refractivity contribution in [3.8, 4) is 34.0 Å². The molecule has 0 spiro atoms. The molecular formula is C24H21N3O4. The Balaban J connectivity index is 1.41. The predicted molar refractivity (Wildman–Crippen MR) is 115 cm³/mol. The van der Waals surface area contributed by atoms with Gasteiger partial charge in [-0.1, -0.05) is 35.0 Å². The maximum atomic E-state index is 12.4. The quantitative estimate of drug-likeness (QED) is 0.500. The van der Waals surface area contributed by atoms with Gasteiger partial charge in [-0.2, -0.15) is 5.10 Å². The summed E-state index contributed by atoms with van der Waals surface area (Å²) in [4.78, 5) is 12.4. The van der Waals surface area contributed by atoms with E-state index in [0.29, 0.717) is 30.4 Å². The molecule has 7 heteroatoms. The van der Waals surface area contributed by atoms with Crippen molar-refractivity contribution in [2.75, 3.05) is 13.2 Å². The second kappa shape index (κ2) is 8.10. The highest BCUT2D eigenvalue weighted by Gasteiger charge is 2.14. The summed E-state index contributed by atoms with van der Waals surface area (Å²) in [5, 5.41) is 8.65. The minimum atomic E-state index is -0.216. The van der Waals surface area contributed by atoms with Crippen molar-refractivity contribution < 1.29 is 14.0 Å². The van der Waals surface area contributed by atoms with Crippen molar-refractivity contribution in [2.24, 2.45) is 0 Å². The first-order chi connectivity index (χ1) is 15.2. The van der Waals surface area contributed by atoms with Crippen LogP contribution in [0.2, 0.25) is 0 Å². The van der Waals surface area contributed by atoms with E-state index < -0.39 is 0 Å². The van der Waals surface area contributed by atoms with Crippen LogP contribution in [0.1, 0.15) is 17.7 Å². The van der Waals surface area contributed by atoms with Crippen LogP contribution in [0.25, 0.3) is 22.5 Å². The molecule has 4 aromatic rings. The van der Waals surface area contributed by atoms with Gasteiger partial charge >= 0.3 is 0 Å². The van der Waals surface area contributed by atoms with Crippen LogP contribution in [0.3, 0.4) is 0 Å². The molecule has 3 heterocycles. The van der Waals surface area contributed by atoms with E-state index in [-0.39, 0.29) is 12.1 Å². The Hall–Kier alpha value is -3.87. The number of fused-ring (bicyclic) bond motifs is 1. The molecule has 0 saturated heterocycles. The summed E-state index contributed by atoms with van der Waals surface area (Å²) >= 11 is 0. The average Bonchev–Trinajstić information content (AvgIpc) is 3.11. The molecule has 1 aliphatic heterocycles. The molecule has 5 rings (SSSR count). The van der Waals surface area contributed by atoms with E-state index in [0.717, 1.165) is 29.0 Å². The Kier molecular flexibility index (Phi) is 5.00. The highest BCUT2D eigenvalue weighted by Crippen LogP contribution is 2.33. The second-order valence-corrected chi connectivity index (χ2v) is 7.47. The summed E-state index contributed by atoms with van der Waals surface area (Å²) in [5.41, 5.74) is 4.15. The van der Waals surface area contributed by atoms with Crippen LogP contribution >= 0.6 is 0 Å². The summed E-state index contributed by atoms with van der Waals surface area (Å²) < 4.78 is 18.3. The van der Waals surface area contributed by atoms with Gasteiger partial charge < -0.3 is 14.0 Å². The van der Waals surface area contributed by atoms with Gasteiger partial charge in [-0.05, 0) is 31.2 Å². The summed E-state index contributed by atoms with van der Waals surface area (Å²) in [6, 6.07) is 18.7. The lowest BCUT2D eigenvalue weighted by atomic mass is 10.1. The van der Waals surface area contributed by atoms with Gasteiger partial charge in [-0.25, -0.2) is 4.68 Å². The highest BCUT2D eigenvalue weighted by atomic mass is 16.5. The van der Waals surface area contributed by atoms with E-state index in [1.165, 1.54) is 16.3 Å². The van der Waals surface area contributed by atoms with Crippen LogP contribution in [0.4, 0.5) is 0 Å². The molecule has 0 aliphatic carbocycles.